The van der Waals surface area contributed by atoms with Crippen LogP contribution in [-0.4, -0.2) is 47.8 Å². The lowest BCUT2D eigenvalue weighted by atomic mass is 10.1. The van der Waals surface area contributed by atoms with E-state index in [-0.39, 0.29) is 28.3 Å². The number of nitrogen functional groups attached to an aromatic ring is 1. The Bertz CT molecular complexity index is 867. The van der Waals surface area contributed by atoms with Crippen molar-refractivity contribution >= 4 is 35.1 Å². The lowest BCUT2D eigenvalue weighted by Crippen LogP contribution is -2.28. The molecule has 0 spiro atoms. The highest BCUT2D eigenvalue weighted by atomic mass is 32.2. The Balaban J connectivity index is 2.01. The van der Waals surface area contributed by atoms with E-state index in [4.69, 9.17) is 10.5 Å². The van der Waals surface area contributed by atoms with Gasteiger partial charge < -0.3 is 21.1 Å². The van der Waals surface area contributed by atoms with Crippen molar-refractivity contribution in [1.29, 1.82) is 0 Å². The number of carbonyl (C=O) groups excluding carboxylic acids is 2. The van der Waals surface area contributed by atoms with E-state index in [2.05, 4.69) is 20.6 Å². The molecule has 9 nitrogen and oxygen atoms in total. The van der Waals surface area contributed by atoms with Crippen molar-refractivity contribution < 1.29 is 14.3 Å². The molecule has 2 aromatic rings. The highest BCUT2D eigenvalue weighted by Crippen LogP contribution is 2.17. The minimum absolute atomic E-state index is 0.0567. The zero-order chi connectivity index (χ0) is 19.8. The first-order valence-electron chi connectivity index (χ1n) is 8.07. The fraction of sp³-hybridized carbons (Fsp3) is 0.294. The van der Waals surface area contributed by atoms with Crippen LogP contribution in [0.2, 0.25) is 0 Å². The van der Waals surface area contributed by atoms with Gasteiger partial charge in [0.2, 0.25) is 5.91 Å². The minimum atomic E-state index is -0.592. The van der Waals surface area contributed by atoms with Crippen LogP contribution in [0.5, 0.6) is 0 Å². The van der Waals surface area contributed by atoms with Crippen molar-refractivity contribution in [2.45, 2.75) is 12.1 Å². The Hall–Kier alpha value is -2.85. The number of H-pyrrole nitrogens is 1. The number of hydrogen-bond acceptors (Lipinski definition) is 7. The van der Waals surface area contributed by atoms with Gasteiger partial charge in [-0.3, -0.25) is 19.4 Å². The lowest BCUT2D eigenvalue weighted by molar-refractivity contribution is -0.118. The van der Waals surface area contributed by atoms with Crippen LogP contribution in [0.15, 0.2) is 34.2 Å². The third-order valence-electron chi connectivity index (χ3n) is 3.45. The normalized spacial score (nSPS) is 10.4. The van der Waals surface area contributed by atoms with Gasteiger partial charge in [0.25, 0.3) is 11.5 Å². The summed E-state index contributed by atoms with van der Waals surface area (Å²) >= 11 is 1.03. The molecule has 5 N–H and O–H groups in total. The second-order valence-corrected chi connectivity index (χ2v) is 6.55. The van der Waals surface area contributed by atoms with Crippen LogP contribution in [0, 0.1) is 6.92 Å². The van der Waals surface area contributed by atoms with E-state index in [1.807, 2.05) is 6.92 Å². The van der Waals surface area contributed by atoms with E-state index < -0.39 is 11.5 Å². The van der Waals surface area contributed by atoms with Gasteiger partial charge in [0.1, 0.15) is 5.69 Å². The first kappa shape index (κ1) is 20.5. The molecule has 0 saturated heterocycles. The summed E-state index contributed by atoms with van der Waals surface area (Å²) in [5.41, 5.74) is 6.48. The van der Waals surface area contributed by atoms with E-state index in [0.717, 1.165) is 17.3 Å². The van der Waals surface area contributed by atoms with E-state index in [1.165, 1.54) is 7.11 Å². The van der Waals surface area contributed by atoms with Crippen molar-refractivity contribution in [1.82, 2.24) is 15.3 Å². The molecule has 0 atom stereocenters. The highest BCUT2D eigenvalue weighted by molar-refractivity contribution is 7.99. The number of aryl methyl sites for hydroxylation is 1. The molecule has 0 bridgehead atoms. The van der Waals surface area contributed by atoms with Gasteiger partial charge >= 0.3 is 0 Å². The fourth-order valence-corrected chi connectivity index (χ4v) is 2.72. The van der Waals surface area contributed by atoms with Crippen LogP contribution in [-0.2, 0) is 9.53 Å². The van der Waals surface area contributed by atoms with Gasteiger partial charge in [-0.05, 0) is 19.1 Å². The third-order valence-corrected chi connectivity index (χ3v) is 4.32. The number of methoxy groups -OCH3 is 1. The largest absolute Gasteiger partial charge is 0.383 e. The maximum absolute atomic E-state index is 12.2. The summed E-state index contributed by atoms with van der Waals surface area (Å²) in [6, 6.07) is 6.88. The molecule has 2 amide bonds. The lowest BCUT2D eigenvalue weighted by Gasteiger charge is -2.09. The average Bonchev–Trinajstić information content (AvgIpc) is 2.63. The molecule has 0 unspecified atom stereocenters. The molecule has 2 rings (SSSR count). The molecule has 0 aliphatic rings. The van der Waals surface area contributed by atoms with Crippen molar-refractivity contribution in [3.8, 4) is 0 Å². The van der Waals surface area contributed by atoms with E-state index >= 15 is 0 Å². The van der Waals surface area contributed by atoms with Crippen LogP contribution in [0.4, 0.5) is 11.5 Å². The molecule has 10 heteroatoms. The number of amides is 2. The first-order chi connectivity index (χ1) is 12.9. The van der Waals surface area contributed by atoms with Gasteiger partial charge in [0.15, 0.2) is 11.0 Å². The number of ether oxygens (including phenoxy) is 1. The Morgan fingerprint density at radius 3 is 2.63 bits per heavy atom. The predicted molar refractivity (Wildman–Crippen MR) is 104 cm³/mol. The van der Waals surface area contributed by atoms with Crippen molar-refractivity contribution in [2.75, 3.05) is 37.1 Å². The number of carbonyl (C=O) groups is 2. The van der Waals surface area contributed by atoms with Crippen LogP contribution in [0.1, 0.15) is 15.9 Å². The number of thioether (sulfide) groups is 1. The molecule has 1 heterocycles. The highest BCUT2D eigenvalue weighted by Gasteiger charge is 2.14. The third kappa shape index (κ3) is 6.12. The molecule has 0 aliphatic carbocycles. The van der Waals surface area contributed by atoms with Crippen LogP contribution >= 0.6 is 11.8 Å². The molecule has 0 fully saturated rings. The molecule has 0 saturated carbocycles. The number of hydrogen-bond donors (Lipinski definition) is 4. The summed E-state index contributed by atoms with van der Waals surface area (Å²) in [4.78, 5) is 42.6. The molecule has 27 heavy (non-hydrogen) atoms. The van der Waals surface area contributed by atoms with Crippen molar-refractivity contribution in [3.05, 3.63) is 45.7 Å². The summed E-state index contributed by atoms with van der Waals surface area (Å²) in [6.07, 6.45) is 0. The van der Waals surface area contributed by atoms with Crippen LogP contribution in [0.25, 0.3) is 0 Å². The van der Waals surface area contributed by atoms with Gasteiger partial charge in [-0.2, -0.15) is 0 Å². The summed E-state index contributed by atoms with van der Waals surface area (Å²) in [7, 11) is 1.54. The number of benzene rings is 1. The van der Waals surface area contributed by atoms with Gasteiger partial charge in [-0.15, -0.1) is 0 Å². The number of nitrogens with zero attached hydrogens (tertiary/aromatic N) is 1. The van der Waals surface area contributed by atoms with E-state index in [1.54, 1.807) is 24.3 Å². The maximum Gasteiger partial charge on any atom is 0.277 e. The zero-order valence-electron chi connectivity index (χ0n) is 15.0. The topological polar surface area (TPSA) is 139 Å². The average molecular weight is 391 g/mol. The summed E-state index contributed by atoms with van der Waals surface area (Å²) < 4.78 is 4.84. The zero-order valence-corrected chi connectivity index (χ0v) is 15.8. The van der Waals surface area contributed by atoms with Gasteiger partial charge in [0, 0.05) is 19.2 Å². The number of aromatic nitrogens is 2. The number of rotatable bonds is 8. The molecule has 144 valence electrons. The number of nitrogens with one attached hydrogen (secondary N) is 3. The van der Waals surface area contributed by atoms with Crippen LogP contribution in [0.3, 0.4) is 0 Å². The predicted octanol–water partition coefficient (Wildman–Crippen LogP) is 0.768. The van der Waals surface area contributed by atoms with Gasteiger partial charge in [-0.1, -0.05) is 29.5 Å². The SMILES string of the molecule is COCCNC(=O)CSc1nc(N)c(NC(=O)c2ccc(C)cc2)c(=O)[nH]1. The molecule has 1 aromatic heterocycles. The Labute approximate surface area is 160 Å². The monoisotopic (exact) mass is 391 g/mol. The Morgan fingerprint density at radius 2 is 2.00 bits per heavy atom. The van der Waals surface area contributed by atoms with Gasteiger partial charge in [-0.25, -0.2) is 4.98 Å². The second kappa shape index (κ2) is 9.74. The molecular weight excluding hydrogens is 370 g/mol. The number of nitrogens with two attached hydrogens (primary N) is 1. The molecular formula is C17H21N5O4S. The maximum atomic E-state index is 12.2. The Morgan fingerprint density at radius 1 is 1.30 bits per heavy atom. The quantitative estimate of drug-likeness (QED) is 0.296. The van der Waals surface area contributed by atoms with Gasteiger partial charge in [0.05, 0.1) is 12.4 Å². The first-order valence-corrected chi connectivity index (χ1v) is 9.05. The fourth-order valence-electron chi connectivity index (χ4n) is 2.03. The summed E-state index contributed by atoms with van der Waals surface area (Å²) in [5, 5.41) is 5.31. The molecule has 0 aliphatic heterocycles. The molecule has 1 aromatic carbocycles. The number of anilines is 2. The number of aromatic amines is 1. The summed E-state index contributed by atoms with van der Waals surface area (Å²) in [6.45, 7) is 2.71. The second-order valence-electron chi connectivity index (χ2n) is 5.58. The Kier molecular flexibility index (Phi) is 7.38. The molecule has 0 radical (unpaired) electrons. The smallest absolute Gasteiger partial charge is 0.277 e. The van der Waals surface area contributed by atoms with E-state index in [0.29, 0.717) is 18.7 Å². The van der Waals surface area contributed by atoms with E-state index in [9.17, 15) is 14.4 Å². The van der Waals surface area contributed by atoms with Crippen molar-refractivity contribution in [2.24, 2.45) is 0 Å². The van der Waals surface area contributed by atoms with Crippen LogP contribution < -0.4 is 21.9 Å². The minimum Gasteiger partial charge on any atom is -0.383 e. The van der Waals surface area contributed by atoms with Crippen molar-refractivity contribution in [3.63, 3.8) is 0 Å². The standard InChI is InChI=1S/C17H21N5O4S/c1-10-3-5-11(6-4-10)15(24)20-13-14(18)21-17(22-16(13)25)27-9-12(23)19-7-8-26-2/h3-6H,7-9H2,1-2H3,(H,19,23)(H,20,24)(H3,18,21,22,25). The summed E-state index contributed by atoms with van der Waals surface area (Å²) in [5.74, 6) is -0.760.